The van der Waals surface area contributed by atoms with E-state index in [1.165, 1.54) is 6.20 Å². The van der Waals surface area contributed by atoms with Crippen LogP contribution in [-0.2, 0) is 6.42 Å². The van der Waals surface area contributed by atoms with Gasteiger partial charge in [0.25, 0.3) is 5.89 Å². The maximum atomic E-state index is 9.24. The molecule has 1 N–H and O–H groups in total. The van der Waals surface area contributed by atoms with E-state index in [2.05, 4.69) is 15.1 Å². The highest BCUT2D eigenvalue weighted by molar-refractivity contribution is 5.54. The smallest absolute Gasteiger partial charge is 0.258 e. The average molecular weight is 278 g/mol. The lowest BCUT2D eigenvalue weighted by atomic mass is 10.1. The zero-order valence-electron chi connectivity index (χ0n) is 10.9. The van der Waals surface area contributed by atoms with Gasteiger partial charge in [-0.3, -0.25) is 0 Å². The predicted octanol–water partition coefficient (Wildman–Crippen LogP) is 2.30. The second-order valence-corrected chi connectivity index (χ2v) is 4.40. The number of aromatic hydroxyl groups is 1. The van der Waals surface area contributed by atoms with E-state index in [4.69, 9.17) is 9.78 Å². The number of nitrogens with zero attached hydrogens (tertiary/aromatic N) is 4. The van der Waals surface area contributed by atoms with Crippen LogP contribution in [0.25, 0.3) is 11.5 Å². The minimum atomic E-state index is 0.216. The highest BCUT2D eigenvalue weighted by Crippen LogP contribution is 2.18. The van der Waals surface area contributed by atoms with Gasteiger partial charge in [-0.25, -0.2) is 4.98 Å². The fourth-order valence-corrected chi connectivity index (χ4v) is 1.86. The first-order valence-corrected chi connectivity index (χ1v) is 6.21. The summed E-state index contributed by atoms with van der Waals surface area (Å²) in [6.45, 7) is 0. The lowest BCUT2D eigenvalue weighted by Gasteiger charge is -1.96. The van der Waals surface area contributed by atoms with Crippen LogP contribution in [0.3, 0.4) is 0 Å². The molecule has 0 saturated heterocycles. The van der Waals surface area contributed by atoms with E-state index in [0.717, 1.165) is 5.56 Å². The summed E-state index contributed by atoms with van der Waals surface area (Å²) in [5, 5.41) is 22.0. The molecule has 2 aromatic heterocycles. The highest BCUT2D eigenvalue weighted by Gasteiger charge is 2.10. The molecule has 21 heavy (non-hydrogen) atoms. The Bertz CT molecular complexity index is 803. The molecular formula is C15H10N4O2. The fourth-order valence-electron chi connectivity index (χ4n) is 1.86. The van der Waals surface area contributed by atoms with Crippen molar-refractivity contribution in [3.8, 4) is 23.3 Å². The van der Waals surface area contributed by atoms with Gasteiger partial charge in [-0.2, -0.15) is 10.2 Å². The largest absolute Gasteiger partial charge is 0.508 e. The highest BCUT2D eigenvalue weighted by atomic mass is 16.5. The molecule has 0 aliphatic rings. The summed E-state index contributed by atoms with van der Waals surface area (Å²) >= 11 is 0. The van der Waals surface area contributed by atoms with Gasteiger partial charge in [-0.15, -0.1) is 0 Å². The number of rotatable bonds is 3. The normalized spacial score (nSPS) is 10.2. The van der Waals surface area contributed by atoms with Gasteiger partial charge in [0.1, 0.15) is 17.5 Å². The second-order valence-electron chi connectivity index (χ2n) is 4.40. The molecule has 3 rings (SSSR count). The van der Waals surface area contributed by atoms with Crippen molar-refractivity contribution in [2.75, 3.05) is 0 Å². The lowest BCUT2D eigenvalue weighted by Crippen LogP contribution is -1.90. The van der Waals surface area contributed by atoms with E-state index in [0.29, 0.717) is 29.4 Å². The third-order valence-electron chi connectivity index (χ3n) is 2.89. The molecule has 0 aliphatic heterocycles. The summed E-state index contributed by atoms with van der Waals surface area (Å²) in [7, 11) is 0. The zero-order chi connectivity index (χ0) is 14.7. The van der Waals surface area contributed by atoms with Crippen LogP contribution in [-0.4, -0.2) is 20.2 Å². The van der Waals surface area contributed by atoms with Crippen molar-refractivity contribution in [3.05, 3.63) is 59.7 Å². The maximum Gasteiger partial charge on any atom is 0.258 e. The summed E-state index contributed by atoms with van der Waals surface area (Å²) in [6, 6.07) is 12.1. The number of aromatic nitrogens is 3. The summed E-state index contributed by atoms with van der Waals surface area (Å²) < 4.78 is 5.20. The minimum Gasteiger partial charge on any atom is -0.508 e. The Hall–Kier alpha value is -3.20. The van der Waals surface area contributed by atoms with Gasteiger partial charge in [0, 0.05) is 18.2 Å². The number of pyridine rings is 1. The van der Waals surface area contributed by atoms with Crippen LogP contribution in [0.15, 0.2) is 47.1 Å². The molecule has 102 valence electrons. The number of nitriles is 1. The Morgan fingerprint density at radius 2 is 2.00 bits per heavy atom. The fraction of sp³-hybridized carbons (Fsp3) is 0.0667. The van der Waals surface area contributed by atoms with E-state index in [9.17, 15) is 5.11 Å². The van der Waals surface area contributed by atoms with Crippen molar-refractivity contribution in [1.29, 1.82) is 5.26 Å². The van der Waals surface area contributed by atoms with Crippen molar-refractivity contribution in [1.82, 2.24) is 15.1 Å². The minimum absolute atomic E-state index is 0.216. The van der Waals surface area contributed by atoms with Crippen molar-refractivity contribution in [3.63, 3.8) is 0 Å². The van der Waals surface area contributed by atoms with Gasteiger partial charge in [0.15, 0.2) is 5.82 Å². The number of hydrogen-bond donors (Lipinski definition) is 1. The van der Waals surface area contributed by atoms with E-state index < -0.39 is 0 Å². The van der Waals surface area contributed by atoms with Crippen molar-refractivity contribution < 1.29 is 9.63 Å². The molecule has 1 aromatic carbocycles. The molecule has 0 amide bonds. The van der Waals surface area contributed by atoms with Crippen LogP contribution in [0.5, 0.6) is 5.75 Å². The van der Waals surface area contributed by atoms with Gasteiger partial charge >= 0.3 is 0 Å². The molecule has 0 saturated carbocycles. The van der Waals surface area contributed by atoms with Crippen LogP contribution in [0.4, 0.5) is 0 Å². The Balaban J connectivity index is 1.83. The van der Waals surface area contributed by atoms with E-state index in [1.807, 2.05) is 6.07 Å². The number of phenols is 1. The Morgan fingerprint density at radius 1 is 1.19 bits per heavy atom. The first-order chi connectivity index (χ1) is 10.2. The molecule has 0 fully saturated rings. The molecule has 6 heteroatoms. The molecule has 0 aliphatic carbocycles. The third-order valence-corrected chi connectivity index (χ3v) is 2.89. The van der Waals surface area contributed by atoms with Crippen LogP contribution in [0, 0.1) is 11.3 Å². The number of phenolic OH excluding ortho intramolecular Hbond substituents is 1. The average Bonchev–Trinajstić information content (AvgIpc) is 2.98. The van der Waals surface area contributed by atoms with Gasteiger partial charge in [0.05, 0.1) is 0 Å². The first kappa shape index (κ1) is 12.8. The summed E-state index contributed by atoms with van der Waals surface area (Å²) in [6.07, 6.45) is 2.03. The van der Waals surface area contributed by atoms with E-state index >= 15 is 0 Å². The molecule has 0 spiro atoms. The molecule has 0 bridgehead atoms. The van der Waals surface area contributed by atoms with Crippen LogP contribution >= 0.6 is 0 Å². The summed E-state index contributed by atoms with van der Waals surface area (Å²) in [4.78, 5) is 8.19. The monoisotopic (exact) mass is 278 g/mol. The Kier molecular flexibility index (Phi) is 3.31. The SMILES string of the molecule is N#Cc1cc(-c2nc(Cc3ccc(O)cc3)no2)ccn1. The van der Waals surface area contributed by atoms with Crippen molar-refractivity contribution >= 4 is 0 Å². The van der Waals surface area contributed by atoms with Crippen LogP contribution < -0.4 is 0 Å². The van der Waals surface area contributed by atoms with E-state index in [-0.39, 0.29) is 5.75 Å². The molecule has 2 heterocycles. The van der Waals surface area contributed by atoms with Crippen molar-refractivity contribution in [2.45, 2.75) is 6.42 Å². The van der Waals surface area contributed by atoms with Crippen molar-refractivity contribution in [2.24, 2.45) is 0 Å². The summed E-state index contributed by atoms with van der Waals surface area (Å²) in [5.41, 5.74) is 1.92. The number of hydrogen-bond acceptors (Lipinski definition) is 6. The lowest BCUT2D eigenvalue weighted by molar-refractivity contribution is 0.424. The number of benzene rings is 1. The predicted molar refractivity (Wildman–Crippen MR) is 73.2 cm³/mol. The van der Waals surface area contributed by atoms with Gasteiger partial charge in [0.2, 0.25) is 0 Å². The Morgan fingerprint density at radius 3 is 2.76 bits per heavy atom. The zero-order valence-corrected chi connectivity index (χ0v) is 10.9. The second kappa shape index (κ2) is 5.43. The molecular weight excluding hydrogens is 268 g/mol. The molecule has 0 radical (unpaired) electrons. The standard InChI is InChI=1S/C15H10N4O2/c16-9-12-8-11(5-6-17-12)15-18-14(19-21-15)7-10-1-3-13(20)4-2-10/h1-6,8,20H,7H2. The van der Waals surface area contributed by atoms with Crippen LogP contribution in [0.2, 0.25) is 0 Å². The molecule has 3 aromatic rings. The van der Waals surface area contributed by atoms with Crippen LogP contribution in [0.1, 0.15) is 17.1 Å². The Labute approximate surface area is 120 Å². The maximum absolute atomic E-state index is 9.24. The quantitative estimate of drug-likeness (QED) is 0.789. The van der Waals surface area contributed by atoms with Gasteiger partial charge < -0.3 is 9.63 Å². The van der Waals surface area contributed by atoms with Gasteiger partial charge in [-0.05, 0) is 29.8 Å². The third kappa shape index (κ3) is 2.87. The molecule has 0 unspecified atom stereocenters. The first-order valence-electron chi connectivity index (χ1n) is 6.21. The molecule has 0 atom stereocenters. The summed E-state index contributed by atoms with van der Waals surface area (Å²) in [5.74, 6) is 1.10. The molecule has 6 nitrogen and oxygen atoms in total. The van der Waals surface area contributed by atoms with E-state index in [1.54, 1.807) is 36.4 Å². The van der Waals surface area contributed by atoms with Gasteiger partial charge in [-0.1, -0.05) is 17.3 Å². The topological polar surface area (TPSA) is 95.8 Å².